The fourth-order valence-electron chi connectivity index (χ4n) is 3.01. The summed E-state index contributed by atoms with van der Waals surface area (Å²) >= 11 is 0. The van der Waals surface area contributed by atoms with Crippen LogP contribution in [0.1, 0.15) is 25.8 Å². The second-order valence-electron chi connectivity index (χ2n) is 7.42. The minimum absolute atomic E-state index is 0.0514. The van der Waals surface area contributed by atoms with Crippen molar-refractivity contribution in [2.75, 3.05) is 45.5 Å². The molecular weight excluding hydrogens is 350 g/mol. The third kappa shape index (κ3) is 6.70. The van der Waals surface area contributed by atoms with Crippen LogP contribution in [0.5, 0.6) is 0 Å². The van der Waals surface area contributed by atoms with E-state index in [0.29, 0.717) is 25.6 Å². The van der Waals surface area contributed by atoms with Crippen molar-refractivity contribution in [3.05, 3.63) is 35.9 Å². The molecular formula is C19H31N3O3S. The fraction of sp³-hybridized carbons (Fsp3) is 0.632. The normalized spacial score (nSPS) is 16.4. The first-order chi connectivity index (χ1) is 12.3. The van der Waals surface area contributed by atoms with E-state index in [-0.39, 0.29) is 12.5 Å². The van der Waals surface area contributed by atoms with E-state index < -0.39 is 10.0 Å². The van der Waals surface area contributed by atoms with Gasteiger partial charge in [0.25, 0.3) is 0 Å². The van der Waals surface area contributed by atoms with Crippen LogP contribution < -0.4 is 0 Å². The predicted octanol–water partition coefficient (Wildman–Crippen LogP) is 1.64. The van der Waals surface area contributed by atoms with E-state index in [1.807, 2.05) is 32.0 Å². The van der Waals surface area contributed by atoms with Crippen LogP contribution in [0.4, 0.5) is 0 Å². The highest BCUT2D eigenvalue weighted by atomic mass is 32.2. The Morgan fingerprint density at radius 3 is 2.27 bits per heavy atom. The molecule has 7 heteroatoms. The Morgan fingerprint density at radius 1 is 1.12 bits per heavy atom. The molecule has 1 aliphatic heterocycles. The predicted molar refractivity (Wildman–Crippen MR) is 104 cm³/mol. The molecule has 1 fully saturated rings. The van der Waals surface area contributed by atoms with Gasteiger partial charge < -0.3 is 4.90 Å². The molecule has 0 N–H and O–H groups in total. The molecule has 26 heavy (non-hydrogen) atoms. The van der Waals surface area contributed by atoms with Gasteiger partial charge in [-0.3, -0.25) is 9.69 Å². The summed E-state index contributed by atoms with van der Waals surface area (Å²) in [4.78, 5) is 16.7. The van der Waals surface area contributed by atoms with E-state index in [9.17, 15) is 13.2 Å². The summed E-state index contributed by atoms with van der Waals surface area (Å²) in [5.41, 5.74) is 1.27. The first kappa shape index (κ1) is 20.9. The van der Waals surface area contributed by atoms with Crippen LogP contribution >= 0.6 is 0 Å². The molecule has 0 radical (unpaired) electrons. The van der Waals surface area contributed by atoms with Crippen LogP contribution in [-0.2, 0) is 21.4 Å². The molecule has 1 heterocycles. The van der Waals surface area contributed by atoms with Gasteiger partial charge in [0, 0.05) is 39.3 Å². The number of carbonyl (C=O) groups excluding carboxylic acids is 1. The third-order valence-corrected chi connectivity index (χ3v) is 5.96. The van der Waals surface area contributed by atoms with Gasteiger partial charge in [-0.15, -0.1) is 0 Å². The van der Waals surface area contributed by atoms with E-state index >= 15 is 0 Å². The Labute approximate surface area is 157 Å². The number of benzene rings is 1. The molecule has 1 aliphatic rings. The summed E-state index contributed by atoms with van der Waals surface area (Å²) in [7, 11) is -3.37. The average Bonchev–Trinajstić information content (AvgIpc) is 2.58. The lowest BCUT2D eigenvalue weighted by molar-refractivity contribution is -0.133. The molecule has 1 saturated heterocycles. The highest BCUT2D eigenvalue weighted by Gasteiger charge is 2.26. The Kier molecular flexibility index (Phi) is 7.61. The Balaban J connectivity index is 1.84. The second kappa shape index (κ2) is 9.48. The number of sulfonamides is 1. The highest BCUT2D eigenvalue weighted by Crippen LogP contribution is 2.11. The first-order valence-corrected chi connectivity index (χ1v) is 11.1. The van der Waals surface area contributed by atoms with E-state index in [0.717, 1.165) is 26.1 Å². The minimum Gasteiger partial charge on any atom is -0.339 e. The zero-order chi connectivity index (χ0) is 19.2. The lowest BCUT2D eigenvalue weighted by Gasteiger charge is -2.35. The van der Waals surface area contributed by atoms with Crippen molar-refractivity contribution in [2.24, 2.45) is 5.92 Å². The van der Waals surface area contributed by atoms with E-state index in [1.165, 1.54) is 16.1 Å². The summed E-state index contributed by atoms with van der Waals surface area (Å²) in [6.45, 7) is 8.24. The molecule has 146 valence electrons. The smallest absolute Gasteiger partial charge is 0.237 e. The zero-order valence-electron chi connectivity index (χ0n) is 16.1. The van der Waals surface area contributed by atoms with Crippen LogP contribution in [0, 0.1) is 5.92 Å². The molecule has 0 aromatic heterocycles. The van der Waals surface area contributed by atoms with Gasteiger partial charge in [-0.25, -0.2) is 8.42 Å². The molecule has 0 unspecified atom stereocenters. The van der Waals surface area contributed by atoms with Crippen molar-refractivity contribution >= 4 is 15.9 Å². The van der Waals surface area contributed by atoms with Gasteiger partial charge in [0.05, 0.1) is 12.8 Å². The molecule has 1 aromatic carbocycles. The lowest BCUT2D eigenvalue weighted by atomic mass is 10.1. The third-order valence-electron chi connectivity index (χ3n) is 4.71. The molecule has 1 amide bonds. The Morgan fingerprint density at radius 2 is 1.73 bits per heavy atom. The number of hydrogen-bond acceptors (Lipinski definition) is 4. The number of hydrogen-bond donors (Lipinski definition) is 0. The molecule has 0 aliphatic carbocycles. The SMILES string of the molecule is CC(C)CCN(CC(=O)N1CCN(Cc2ccccc2)CC1)S(C)(=O)=O. The molecule has 0 atom stereocenters. The van der Waals surface area contributed by atoms with E-state index in [1.54, 1.807) is 4.90 Å². The van der Waals surface area contributed by atoms with Crippen molar-refractivity contribution in [3.63, 3.8) is 0 Å². The Bertz CT molecular complexity index is 669. The largest absolute Gasteiger partial charge is 0.339 e. The second-order valence-corrected chi connectivity index (χ2v) is 9.40. The van der Waals surface area contributed by atoms with Crippen molar-refractivity contribution < 1.29 is 13.2 Å². The van der Waals surface area contributed by atoms with Crippen molar-refractivity contribution in [3.8, 4) is 0 Å². The summed E-state index contributed by atoms with van der Waals surface area (Å²) in [6.07, 6.45) is 1.93. The van der Waals surface area contributed by atoms with Gasteiger partial charge in [-0.05, 0) is 17.9 Å². The Hall–Kier alpha value is -1.44. The summed E-state index contributed by atoms with van der Waals surface area (Å²) in [5, 5.41) is 0. The highest BCUT2D eigenvalue weighted by molar-refractivity contribution is 7.88. The fourth-order valence-corrected chi connectivity index (χ4v) is 3.79. The van der Waals surface area contributed by atoms with Gasteiger partial charge in [0.1, 0.15) is 0 Å². The maximum Gasteiger partial charge on any atom is 0.237 e. The number of nitrogens with zero attached hydrogens (tertiary/aromatic N) is 3. The van der Waals surface area contributed by atoms with Gasteiger partial charge in [-0.2, -0.15) is 4.31 Å². The zero-order valence-corrected chi connectivity index (χ0v) is 16.9. The number of rotatable bonds is 8. The monoisotopic (exact) mass is 381 g/mol. The summed E-state index contributed by atoms with van der Waals surface area (Å²) in [6, 6.07) is 10.3. The molecule has 6 nitrogen and oxygen atoms in total. The first-order valence-electron chi connectivity index (χ1n) is 9.25. The van der Waals surface area contributed by atoms with Crippen LogP contribution in [0.2, 0.25) is 0 Å². The van der Waals surface area contributed by atoms with Gasteiger partial charge in [0.15, 0.2) is 0 Å². The molecule has 1 aromatic rings. The molecule has 0 saturated carbocycles. The van der Waals surface area contributed by atoms with Gasteiger partial charge >= 0.3 is 0 Å². The minimum atomic E-state index is -3.37. The van der Waals surface area contributed by atoms with Crippen LogP contribution in [-0.4, -0.2) is 74.0 Å². The topological polar surface area (TPSA) is 60.9 Å². The average molecular weight is 382 g/mol. The van der Waals surface area contributed by atoms with Gasteiger partial charge in [0.2, 0.25) is 15.9 Å². The van der Waals surface area contributed by atoms with Crippen LogP contribution in [0.3, 0.4) is 0 Å². The molecule has 2 rings (SSSR count). The molecule has 0 spiro atoms. The quantitative estimate of drug-likeness (QED) is 0.687. The number of carbonyl (C=O) groups is 1. The number of piperazine rings is 1. The maximum absolute atomic E-state index is 12.6. The summed E-state index contributed by atoms with van der Waals surface area (Å²) < 4.78 is 25.2. The van der Waals surface area contributed by atoms with Crippen molar-refractivity contribution in [2.45, 2.75) is 26.8 Å². The lowest BCUT2D eigenvalue weighted by Crippen LogP contribution is -2.51. The van der Waals surface area contributed by atoms with Gasteiger partial charge in [-0.1, -0.05) is 44.2 Å². The van der Waals surface area contributed by atoms with E-state index in [4.69, 9.17) is 0 Å². The molecule has 0 bridgehead atoms. The summed E-state index contributed by atoms with van der Waals surface area (Å²) in [5.74, 6) is 0.300. The standard InChI is InChI=1S/C19H31N3O3S/c1-17(2)9-10-22(26(3,24)25)16-19(23)21-13-11-20(12-14-21)15-18-7-5-4-6-8-18/h4-8,17H,9-16H2,1-3H3. The van der Waals surface area contributed by atoms with Crippen LogP contribution in [0.25, 0.3) is 0 Å². The maximum atomic E-state index is 12.6. The van der Waals surface area contributed by atoms with Crippen LogP contribution in [0.15, 0.2) is 30.3 Å². The van der Waals surface area contributed by atoms with E-state index in [2.05, 4.69) is 17.0 Å². The number of amides is 1. The van der Waals surface area contributed by atoms with Crippen molar-refractivity contribution in [1.29, 1.82) is 0 Å². The van der Waals surface area contributed by atoms with Crippen molar-refractivity contribution in [1.82, 2.24) is 14.1 Å².